The summed E-state index contributed by atoms with van der Waals surface area (Å²) in [7, 11) is 1.96. The number of nitrogen functional groups attached to an aromatic ring is 1. The Labute approximate surface area is 109 Å². The first kappa shape index (κ1) is 12.7. The minimum Gasteiger partial charge on any atom is -0.369 e. The minimum atomic E-state index is 0.586. The zero-order valence-corrected chi connectivity index (χ0v) is 11.6. The second-order valence-electron chi connectivity index (χ2n) is 5.04. The van der Waals surface area contributed by atoms with E-state index in [4.69, 9.17) is 5.73 Å². The van der Waals surface area contributed by atoms with Gasteiger partial charge >= 0.3 is 0 Å². The standard InChI is InChI=1S/C15H21N3/c1-10-7-11(2)14(12(3)8-10)6-5-13-9-17-15(16)18(13)4/h7-9H,5-6H2,1-4H3,(H2,16,17). The van der Waals surface area contributed by atoms with Crippen LogP contribution in [0.1, 0.15) is 27.9 Å². The molecule has 0 unspecified atom stereocenters. The maximum Gasteiger partial charge on any atom is 0.200 e. The van der Waals surface area contributed by atoms with Gasteiger partial charge in [-0.15, -0.1) is 0 Å². The lowest BCUT2D eigenvalue weighted by Gasteiger charge is -2.11. The second kappa shape index (κ2) is 4.84. The van der Waals surface area contributed by atoms with Crippen molar-refractivity contribution in [3.8, 4) is 0 Å². The van der Waals surface area contributed by atoms with Gasteiger partial charge in [0.15, 0.2) is 5.95 Å². The lowest BCUT2D eigenvalue weighted by Crippen LogP contribution is -2.04. The number of nitrogens with two attached hydrogens (primary N) is 1. The first-order valence-corrected chi connectivity index (χ1v) is 6.32. The van der Waals surface area contributed by atoms with E-state index in [-0.39, 0.29) is 0 Å². The molecule has 3 heteroatoms. The molecule has 0 spiro atoms. The number of rotatable bonds is 3. The van der Waals surface area contributed by atoms with E-state index in [9.17, 15) is 0 Å². The number of imidazole rings is 1. The number of hydrogen-bond acceptors (Lipinski definition) is 2. The third-order valence-electron chi connectivity index (χ3n) is 3.59. The molecule has 0 atom stereocenters. The van der Waals surface area contributed by atoms with E-state index < -0.39 is 0 Å². The van der Waals surface area contributed by atoms with E-state index in [0.717, 1.165) is 12.8 Å². The van der Waals surface area contributed by atoms with Gasteiger partial charge in [0, 0.05) is 12.7 Å². The highest BCUT2D eigenvalue weighted by atomic mass is 15.1. The first-order valence-electron chi connectivity index (χ1n) is 6.32. The van der Waals surface area contributed by atoms with Crippen molar-refractivity contribution in [2.45, 2.75) is 33.6 Å². The molecule has 2 aromatic rings. The monoisotopic (exact) mass is 243 g/mol. The molecule has 0 radical (unpaired) electrons. The summed E-state index contributed by atoms with van der Waals surface area (Å²) >= 11 is 0. The molecule has 3 nitrogen and oxygen atoms in total. The maximum atomic E-state index is 5.74. The Morgan fingerprint density at radius 2 is 1.72 bits per heavy atom. The molecular formula is C15H21N3. The SMILES string of the molecule is Cc1cc(C)c(CCc2cnc(N)n2C)c(C)c1. The molecule has 96 valence electrons. The fraction of sp³-hybridized carbons (Fsp3) is 0.400. The third kappa shape index (κ3) is 2.40. The van der Waals surface area contributed by atoms with Crippen molar-refractivity contribution in [2.75, 3.05) is 5.73 Å². The van der Waals surface area contributed by atoms with Crippen LogP contribution in [0.4, 0.5) is 5.95 Å². The predicted octanol–water partition coefficient (Wildman–Crippen LogP) is 2.71. The van der Waals surface area contributed by atoms with E-state index in [1.54, 1.807) is 0 Å². The molecule has 1 heterocycles. The van der Waals surface area contributed by atoms with Crippen LogP contribution in [-0.2, 0) is 19.9 Å². The topological polar surface area (TPSA) is 43.8 Å². The molecule has 2 N–H and O–H groups in total. The van der Waals surface area contributed by atoms with Crippen LogP contribution >= 0.6 is 0 Å². The first-order chi connectivity index (χ1) is 8.49. The Bertz CT molecular complexity index is 544. The van der Waals surface area contributed by atoms with Gasteiger partial charge in [-0.25, -0.2) is 4.98 Å². The van der Waals surface area contributed by atoms with Crippen LogP contribution in [0.2, 0.25) is 0 Å². The fourth-order valence-corrected chi connectivity index (χ4v) is 2.55. The van der Waals surface area contributed by atoms with Crippen LogP contribution < -0.4 is 5.73 Å². The molecule has 0 aliphatic rings. The van der Waals surface area contributed by atoms with E-state index in [1.165, 1.54) is 27.9 Å². The molecule has 0 amide bonds. The molecule has 0 aliphatic heterocycles. The summed E-state index contributed by atoms with van der Waals surface area (Å²) in [5, 5.41) is 0. The minimum absolute atomic E-state index is 0.586. The highest BCUT2D eigenvalue weighted by Gasteiger charge is 2.07. The summed E-state index contributed by atoms with van der Waals surface area (Å²) in [5.41, 5.74) is 12.5. The summed E-state index contributed by atoms with van der Waals surface area (Å²) in [6, 6.07) is 4.50. The average Bonchev–Trinajstić information content (AvgIpc) is 2.59. The molecule has 2 rings (SSSR count). The van der Waals surface area contributed by atoms with Crippen molar-refractivity contribution in [3.63, 3.8) is 0 Å². The Morgan fingerprint density at radius 3 is 2.22 bits per heavy atom. The molecule has 0 bridgehead atoms. The number of benzene rings is 1. The van der Waals surface area contributed by atoms with Gasteiger partial charge in [0.05, 0.1) is 6.20 Å². The normalized spacial score (nSPS) is 10.9. The molecule has 0 fully saturated rings. The van der Waals surface area contributed by atoms with Crippen molar-refractivity contribution in [1.82, 2.24) is 9.55 Å². The summed E-state index contributed by atoms with van der Waals surface area (Å²) in [6.45, 7) is 6.52. The highest BCUT2D eigenvalue weighted by Crippen LogP contribution is 2.19. The quantitative estimate of drug-likeness (QED) is 0.900. The van der Waals surface area contributed by atoms with Crippen LogP contribution in [-0.4, -0.2) is 9.55 Å². The number of aromatic nitrogens is 2. The smallest absolute Gasteiger partial charge is 0.200 e. The lowest BCUT2D eigenvalue weighted by molar-refractivity contribution is 0.802. The highest BCUT2D eigenvalue weighted by molar-refractivity contribution is 5.38. The van der Waals surface area contributed by atoms with Gasteiger partial charge in [0.25, 0.3) is 0 Å². The lowest BCUT2D eigenvalue weighted by atomic mass is 9.96. The third-order valence-corrected chi connectivity index (χ3v) is 3.59. The maximum absolute atomic E-state index is 5.74. The number of nitrogens with zero attached hydrogens (tertiary/aromatic N) is 2. The van der Waals surface area contributed by atoms with Crippen LogP contribution in [0.5, 0.6) is 0 Å². The van der Waals surface area contributed by atoms with Crippen molar-refractivity contribution in [3.05, 3.63) is 46.3 Å². The largest absolute Gasteiger partial charge is 0.369 e. The van der Waals surface area contributed by atoms with E-state index in [1.807, 2.05) is 17.8 Å². The Balaban J connectivity index is 2.18. The number of aryl methyl sites for hydroxylation is 4. The summed E-state index contributed by atoms with van der Waals surface area (Å²) in [5.74, 6) is 0.586. The van der Waals surface area contributed by atoms with Crippen molar-refractivity contribution in [2.24, 2.45) is 7.05 Å². The number of anilines is 1. The summed E-state index contributed by atoms with van der Waals surface area (Å²) in [4.78, 5) is 4.13. The van der Waals surface area contributed by atoms with E-state index in [2.05, 4.69) is 37.9 Å². The zero-order valence-electron chi connectivity index (χ0n) is 11.6. The van der Waals surface area contributed by atoms with Crippen molar-refractivity contribution < 1.29 is 0 Å². The molecule has 18 heavy (non-hydrogen) atoms. The molecule has 1 aromatic heterocycles. The van der Waals surface area contributed by atoms with Gasteiger partial charge in [0.2, 0.25) is 0 Å². The van der Waals surface area contributed by atoms with Crippen molar-refractivity contribution in [1.29, 1.82) is 0 Å². The van der Waals surface area contributed by atoms with Gasteiger partial charge in [-0.1, -0.05) is 17.7 Å². The predicted molar refractivity (Wildman–Crippen MR) is 75.7 cm³/mol. The van der Waals surface area contributed by atoms with Crippen LogP contribution in [0, 0.1) is 20.8 Å². The second-order valence-corrected chi connectivity index (χ2v) is 5.04. The molecule has 0 saturated carbocycles. The Hall–Kier alpha value is -1.77. The van der Waals surface area contributed by atoms with Gasteiger partial charge in [0.1, 0.15) is 0 Å². The average molecular weight is 243 g/mol. The number of hydrogen-bond donors (Lipinski definition) is 1. The van der Waals surface area contributed by atoms with Gasteiger partial charge in [-0.3, -0.25) is 0 Å². The van der Waals surface area contributed by atoms with Crippen molar-refractivity contribution >= 4 is 5.95 Å². The molecule has 1 aromatic carbocycles. The van der Waals surface area contributed by atoms with Crippen LogP contribution in [0.25, 0.3) is 0 Å². The zero-order chi connectivity index (χ0) is 13.3. The van der Waals surface area contributed by atoms with Crippen LogP contribution in [0.15, 0.2) is 18.3 Å². The Kier molecular flexibility index (Phi) is 3.41. The summed E-state index contributed by atoms with van der Waals surface area (Å²) < 4.78 is 1.96. The fourth-order valence-electron chi connectivity index (χ4n) is 2.55. The Morgan fingerprint density at radius 1 is 1.11 bits per heavy atom. The van der Waals surface area contributed by atoms with E-state index in [0.29, 0.717) is 5.95 Å². The molecule has 0 saturated heterocycles. The molecular weight excluding hydrogens is 222 g/mol. The van der Waals surface area contributed by atoms with Crippen LogP contribution in [0.3, 0.4) is 0 Å². The van der Waals surface area contributed by atoms with Gasteiger partial charge < -0.3 is 10.3 Å². The summed E-state index contributed by atoms with van der Waals surface area (Å²) in [6.07, 6.45) is 3.89. The van der Waals surface area contributed by atoms with Gasteiger partial charge in [-0.2, -0.15) is 0 Å². The molecule has 0 aliphatic carbocycles. The van der Waals surface area contributed by atoms with E-state index >= 15 is 0 Å². The van der Waals surface area contributed by atoms with Gasteiger partial charge in [-0.05, 0) is 50.3 Å².